The number of hydrogen-bond donors (Lipinski definition) is 1. The molecule has 0 saturated carbocycles. The van der Waals surface area contributed by atoms with Crippen LogP contribution in [0.3, 0.4) is 0 Å². The summed E-state index contributed by atoms with van der Waals surface area (Å²) in [5.74, 6) is 0. The number of nitrogens with zero attached hydrogens (tertiary/aromatic N) is 2. The Hall–Kier alpha value is -0.970. The van der Waals surface area contributed by atoms with Gasteiger partial charge in [-0.1, -0.05) is 6.07 Å². The molecule has 0 radical (unpaired) electrons. The van der Waals surface area contributed by atoms with Gasteiger partial charge in [0.1, 0.15) is 0 Å². The molecule has 18 heavy (non-hydrogen) atoms. The Kier molecular flexibility index (Phi) is 6.12. The predicted octanol–water partition coefficient (Wildman–Crippen LogP) is 1.28. The molecule has 4 nitrogen and oxygen atoms in total. The van der Waals surface area contributed by atoms with Gasteiger partial charge < -0.3 is 10.1 Å². The summed E-state index contributed by atoms with van der Waals surface area (Å²) in [7, 11) is 0. The molecule has 1 aromatic heterocycles. The molecule has 4 heteroatoms. The Bertz CT molecular complexity index is 312. The van der Waals surface area contributed by atoms with E-state index in [-0.39, 0.29) is 0 Å². The third-order valence-corrected chi connectivity index (χ3v) is 3.23. The molecule has 1 aliphatic rings. The molecule has 100 valence electrons. The van der Waals surface area contributed by atoms with Crippen molar-refractivity contribution in [2.75, 3.05) is 39.4 Å². The van der Waals surface area contributed by atoms with Gasteiger partial charge in [0.2, 0.25) is 0 Å². The van der Waals surface area contributed by atoms with Crippen LogP contribution in [-0.2, 0) is 11.3 Å². The second-order valence-electron chi connectivity index (χ2n) is 4.70. The topological polar surface area (TPSA) is 37.4 Å². The number of hydrogen-bond acceptors (Lipinski definition) is 4. The van der Waals surface area contributed by atoms with E-state index in [4.69, 9.17) is 4.74 Å². The highest BCUT2D eigenvalue weighted by atomic mass is 16.5. The van der Waals surface area contributed by atoms with E-state index in [0.29, 0.717) is 0 Å². The minimum absolute atomic E-state index is 0.902. The summed E-state index contributed by atoms with van der Waals surface area (Å²) in [6.07, 6.45) is 6.23. The van der Waals surface area contributed by atoms with Gasteiger partial charge in [-0.25, -0.2) is 0 Å². The van der Waals surface area contributed by atoms with E-state index in [9.17, 15) is 0 Å². The maximum Gasteiger partial charge on any atom is 0.0594 e. The minimum atomic E-state index is 0.902. The molecule has 2 heterocycles. The molecule has 0 aliphatic carbocycles. The van der Waals surface area contributed by atoms with E-state index < -0.39 is 0 Å². The molecule has 1 aliphatic heterocycles. The molecule has 0 atom stereocenters. The van der Waals surface area contributed by atoms with Crippen molar-refractivity contribution in [2.45, 2.75) is 19.4 Å². The van der Waals surface area contributed by atoms with Crippen molar-refractivity contribution in [3.05, 3.63) is 30.1 Å². The number of ether oxygens (including phenoxy) is 1. The Morgan fingerprint density at radius 3 is 2.94 bits per heavy atom. The second-order valence-corrected chi connectivity index (χ2v) is 4.70. The maximum absolute atomic E-state index is 5.33. The highest BCUT2D eigenvalue weighted by molar-refractivity contribution is 5.07. The summed E-state index contributed by atoms with van der Waals surface area (Å²) < 4.78 is 5.33. The lowest BCUT2D eigenvalue weighted by Crippen LogP contribution is -2.37. The van der Waals surface area contributed by atoms with Gasteiger partial charge >= 0.3 is 0 Å². The lowest BCUT2D eigenvalue weighted by molar-refractivity contribution is 0.0372. The number of rotatable bonds is 7. The second kappa shape index (κ2) is 8.19. The molecule has 0 unspecified atom stereocenters. The molecule has 0 aromatic carbocycles. The SMILES string of the molecule is c1cncc(CNCCCCN2CCOCC2)c1. The van der Waals surface area contributed by atoms with Crippen LogP contribution in [0.2, 0.25) is 0 Å². The van der Waals surface area contributed by atoms with Crippen molar-refractivity contribution >= 4 is 0 Å². The fourth-order valence-electron chi connectivity index (χ4n) is 2.15. The molecule has 2 rings (SSSR count). The summed E-state index contributed by atoms with van der Waals surface area (Å²) >= 11 is 0. The van der Waals surface area contributed by atoms with Crippen LogP contribution in [0.4, 0.5) is 0 Å². The van der Waals surface area contributed by atoms with Crippen LogP contribution in [0.5, 0.6) is 0 Å². The van der Waals surface area contributed by atoms with E-state index in [1.807, 2.05) is 18.5 Å². The van der Waals surface area contributed by atoms with Gasteiger partial charge in [-0.3, -0.25) is 9.88 Å². The molecule has 1 aromatic rings. The van der Waals surface area contributed by atoms with E-state index in [1.165, 1.54) is 24.9 Å². The molecule has 1 saturated heterocycles. The lowest BCUT2D eigenvalue weighted by Gasteiger charge is -2.26. The van der Waals surface area contributed by atoms with Gasteiger partial charge in [0, 0.05) is 32.0 Å². The molecular weight excluding hydrogens is 226 g/mol. The summed E-state index contributed by atoms with van der Waals surface area (Å²) in [4.78, 5) is 6.59. The fraction of sp³-hybridized carbons (Fsp3) is 0.643. The van der Waals surface area contributed by atoms with E-state index in [2.05, 4.69) is 21.3 Å². The van der Waals surface area contributed by atoms with Crippen LogP contribution in [-0.4, -0.2) is 49.3 Å². The van der Waals surface area contributed by atoms with Crippen LogP contribution in [0, 0.1) is 0 Å². The standard InChI is InChI=1S/C14H23N3O/c1(2-7-17-8-10-18-11-9-17)5-15-12-14-4-3-6-16-13-14/h3-4,6,13,15H,1-2,5,7-12H2. The Labute approximate surface area is 109 Å². The first-order valence-corrected chi connectivity index (χ1v) is 6.85. The van der Waals surface area contributed by atoms with Crippen LogP contribution in [0.1, 0.15) is 18.4 Å². The van der Waals surface area contributed by atoms with Crippen molar-refractivity contribution in [3.63, 3.8) is 0 Å². The zero-order valence-corrected chi connectivity index (χ0v) is 11.0. The average Bonchev–Trinajstić information content (AvgIpc) is 2.45. The molecular formula is C14H23N3O. The first kappa shape index (κ1) is 13.5. The monoisotopic (exact) mass is 249 g/mol. The van der Waals surface area contributed by atoms with Crippen molar-refractivity contribution in [1.82, 2.24) is 15.2 Å². The Morgan fingerprint density at radius 1 is 1.28 bits per heavy atom. The van der Waals surface area contributed by atoms with Crippen molar-refractivity contribution in [2.24, 2.45) is 0 Å². The summed E-state index contributed by atoms with van der Waals surface area (Å²) in [6, 6.07) is 4.09. The van der Waals surface area contributed by atoms with E-state index in [0.717, 1.165) is 39.4 Å². The highest BCUT2D eigenvalue weighted by Gasteiger charge is 2.08. The molecule has 0 amide bonds. The quantitative estimate of drug-likeness (QED) is 0.739. The molecule has 0 bridgehead atoms. The lowest BCUT2D eigenvalue weighted by atomic mass is 10.2. The molecule has 1 fully saturated rings. The van der Waals surface area contributed by atoms with Crippen LogP contribution < -0.4 is 5.32 Å². The number of morpholine rings is 1. The van der Waals surface area contributed by atoms with Crippen molar-refractivity contribution < 1.29 is 4.74 Å². The van der Waals surface area contributed by atoms with E-state index >= 15 is 0 Å². The number of pyridine rings is 1. The third-order valence-electron chi connectivity index (χ3n) is 3.23. The summed E-state index contributed by atoms with van der Waals surface area (Å²) in [5.41, 5.74) is 1.26. The molecule has 0 spiro atoms. The Balaban J connectivity index is 1.46. The zero-order chi connectivity index (χ0) is 12.5. The first-order valence-electron chi connectivity index (χ1n) is 6.85. The van der Waals surface area contributed by atoms with Gasteiger partial charge in [0.05, 0.1) is 13.2 Å². The number of nitrogens with one attached hydrogen (secondary N) is 1. The summed E-state index contributed by atoms with van der Waals surface area (Å²) in [6.45, 7) is 7.22. The van der Waals surface area contributed by atoms with Gasteiger partial charge in [-0.2, -0.15) is 0 Å². The third kappa shape index (κ3) is 5.12. The number of unbranched alkanes of at least 4 members (excludes halogenated alkanes) is 1. The van der Waals surface area contributed by atoms with Gasteiger partial charge in [-0.15, -0.1) is 0 Å². The smallest absolute Gasteiger partial charge is 0.0594 e. The van der Waals surface area contributed by atoms with Crippen LogP contribution >= 0.6 is 0 Å². The van der Waals surface area contributed by atoms with Gasteiger partial charge in [0.15, 0.2) is 0 Å². The van der Waals surface area contributed by atoms with Crippen molar-refractivity contribution in [1.29, 1.82) is 0 Å². The van der Waals surface area contributed by atoms with Crippen molar-refractivity contribution in [3.8, 4) is 0 Å². The van der Waals surface area contributed by atoms with Crippen LogP contribution in [0.25, 0.3) is 0 Å². The summed E-state index contributed by atoms with van der Waals surface area (Å²) in [5, 5.41) is 3.46. The minimum Gasteiger partial charge on any atom is -0.379 e. The fourth-order valence-corrected chi connectivity index (χ4v) is 2.15. The Morgan fingerprint density at radius 2 is 2.17 bits per heavy atom. The first-order chi connectivity index (χ1) is 8.95. The highest BCUT2D eigenvalue weighted by Crippen LogP contribution is 2.00. The molecule has 1 N–H and O–H groups in total. The van der Waals surface area contributed by atoms with Gasteiger partial charge in [-0.05, 0) is 37.6 Å². The number of aromatic nitrogens is 1. The zero-order valence-electron chi connectivity index (χ0n) is 11.0. The maximum atomic E-state index is 5.33. The average molecular weight is 249 g/mol. The van der Waals surface area contributed by atoms with Crippen LogP contribution in [0.15, 0.2) is 24.5 Å². The van der Waals surface area contributed by atoms with E-state index in [1.54, 1.807) is 0 Å². The van der Waals surface area contributed by atoms with Gasteiger partial charge in [0.25, 0.3) is 0 Å². The predicted molar refractivity (Wildman–Crippen MR) is 72.4 cm³/mol. The largest absolute Gasteiger partial charge is 0.379 e. The normalized spacial score (nSPS) is 16.9.